The summed E-state index contributed by atoms with van der Waals surface area (Å²) in [5.41, 5.74) is 9.63. The van der Waals surface area contributed by atoms with Crippen molar-refractivity contribution >= 4 is 43.6 Å². The zero-order valence-corrected chi connectivity index (χ0v) is 23.8. The lowest BCUT2D eigenvalue weighted by atomic mass is 10.1. The van der Waals surface area contributed by atoms with Gasteiger partial charge in [0.15, 0.2) is 5.82 Å². The maximum absolute atomic E-state index is 5.24. The molecule has 0 saturated heterocycles. The number of rotatable bonds is 4. The van der Waals surface area contributed by atoms with E-state index in [1.807, 2.05) is 30.5 Å². The minimum absolute atomic E-state index is 0.707. The molecule has 3 heterocycles. The molecule has 0 atom stereocenters. The maximum atomic E-state index is 5.24. The lowest BCUT2D eigenvalue weighted by Crippen LogP contribution is -2.02. The van der Waals surface area contributed by atoms with Crippen molar-refractivity contribution in [1.82, 2.24) is 19.1 Å². The average Bonchev–Trinajstić information content (AvgIpc) is 3.62. The van der Waals surface area contributed by atoms with Crippen LogP contribution in [-0.4, -0.2) is 19.1 Å². The number of fused-ring (bicyclic) bond motifs is 7. The molecule has 4 heteroatoms. The van der Waals surface area contributed by atoms with Crippen LogP contribution in [0.4, 0.5) is 0 Å². The number of nitrogens with zero attached hydrogens (tertiary/aromatic N) is 4. The third-order valence-electron chi connectivity index (χ3n) is 8.55. The molecule has 0 aliphatic heterocycles. The van der Waals surface area contributed by atoms with Crippen molar-refractivity contribution in [3.63, 3.8) is 0 Å². The molecule has 0 fully saturated rings. The standard InChI is InChI=1S/C40H26N4/c1-4-15-28(16-5-1)36-35(26-41-40(42-36)29-17-6-2-7-18-29)44-34-23-13-12-22-32(34)38-39(44)33-25-24-27-14-10-11-21-31(27)37(33)43(38)30-19-8-3-9-20-30/h1-26H. The molecule has 0 aliphatic carbocycles. The van der Waals surface area contributed by atoms with E-state index in [9.17, 15) is 0 Å². The van der Waals surface area contributed by atoms with Gasteiger partial charge in [-0.25, -0.2) is 9.97 Å². The van der Waals surface area contributed by atoms with Gasteiger partial charge < -0.3 is 9.13 Å². The summed E-state index contributed by atoms with van der Waals surface area (Å²) in [6.45, 7) is 0. The third kappa shape index (κ3) is 3.64. The average molecular weight is 563 g/mol. The molecule has 44 heavy (non-hydrogen) atoms. The zero-order chi connectivity index (χ0) is 29.0. The molecule has 9 rings (SSSR count). The van der Waals surface area contributed by atoms with Gasteiger partial charge in [0.05, 0.1) is 39.6 Å². The molecule has 0 aliphatic rings. The first-order valence-electron chi connectivity index (χ1n) is 14.9. The summed E-state index contributed by atoms with van der Waals surface area (Å²) >= 11 is 0. The van der Waals surface area contributed by atoms with Crippen LogP contribution in [0.25, 0.3) is 77.6 Å². The summed E-state index contributed by atoms with van der Waals surface area (Å²) in [5, 5.41) is 4.80. The fourth-order valence-electron chi connectivity index (χ4n) is 6.66. The highest BCUT2D eigenvalue weighted by Crippen LogP contribution is 2.44. The molecule has 0 unspecified atom stereocenters. The lowest BCUT2D eigenvalue weighted by molar-refractivity contribution is 1.09. The van der Waals surface area contributed by atoms with Crippen molar-refractivity contribution in [2.75, 3.05) is 0 Å². The Balaban J connectivity index is 1.48. The topological polar surface area (TPSA) is 35.6 Å². The molecule has 6 aromatic carbocycles. The molecular formula is C40H26N4. The Morgan fingerprint density at radius 2 is 1.05 bits per heavy atom. The Morgan fingerprint density at radius 3 is 1.82 bits per heavy atom. The molecule has 0 radical (unpaired) electrons. The number of aromatic nitrogens is 4. The highest BCUT2D eigenvalue weighted by Gasteiger charge is 2.25. The van der Waals surface area contributed by atoms with Crippen molar-refractivity contribution < 1.29 is 0 Å². The van der Waals surface area contributed by atoms with Crippen LogP contribution in [0.2, 0.25) is 0 Å². The summed E-state index contributed by atoms with van der Waals surface area (Å²) in [6.07, 6.45) is 2.00. The summed E-state index contributed by atoms with van der Waals surface area (Å²) < 4.78 is 4.81. The Labute approximate surface area is 254 Å². The van der Waals surface area contributed by atoms with E-state index >= 15 is 0 Å². The van der Waals surface area contributed by atoms with Gasteiger partial charge in [-0.3, -0.25) is 0 Å². The predicted molar refractivity (Wildman–Crippen MR) is 182 cm³/mol. The molecule has 0 N–H and O–H groups in total. The summed E-state index contributed by atoms with van der Waals surface area (Å²) in [6, 6.07) is 53.2. The van der Waals surface area contributed by atoms with Crippen molar-refractivity contribution in [2.24, 2.45) is 0 Å². The quantitative estimate of drug-likeness (QED) is 0.214. The Bertz CT molecular complexity index is 2470. The van der Waals surface area contributed by atoms with E-state index in [2.05, 4.69) is 137 Å². The highest BCUT2D eigenvalue weighted by atomic mass is 15.1. The molecule has 3 aromatic heterocycles. The molecular weight excluding hydrogens is 536 g/mol. The van der Waals surface area contributed by atoms with Gasteiger partial charge in [-0.05, 0) is 23.6 Å². The Morgan fingerprint density at radius 1 is 0.432 bits per heavy atom. The lowest BCUT2D eigenvalue weighted by Gasteiger charge is -2.14. The van der Waals surface area contributed by atoms with Crippen LogP contribution in [0, 0.1) is 0 Å². The summed E-state index contributed by atoms with van der Waals surface area (Å²) in [7, 11) is 0. The number of hydrogen-bond donors (Lipinski definition) is 0. The van der Waals surface area contributed by atoms with Crippen LogP contribution in [0.3, 0.4) is 0 Å². The van der Waals surface area contributed by atoms with Gasteiger partial charge in [-0.15, -0.1) is 0 Å². The molecule has 4 nitrogen and oxygen atoms in total. The van der Waals surface area contributed by atoms with Crippen LogP contribution in [0.15, 0.2) is 158 Å². The van der Waals surface area contributed by atoms with E-state index < -0.39 is 0 Å². The van der Waals surface area contributed by atoms with Gasteiger partial charge in [0.1, 0.15) is 0 Å². The highest BCUT2D eigenvalue weighted by molar-refractivity contribution is 6.24. The van der Waals surface area contributed by atoms with E-state index in [1.54, 1.807) is 0 Å². The van der Waals surface area contributed by atoms with Crippen molar-refractivity contribution in [3.8, 4) is 34.0 Å². The third-order valence-corrected chi connectivity index (χ3v) is 8.55. The van der Waals surface area contributed by atoms with Crippen LogP contribution >= 0.6 is 0 Å². The largest absolute Gasteiger partial charge is 0.306 e. The van der Waals surface area contributed by atoms with E-state index in [0.29, 0.717) is 5.82 Å². The normalized spacial score (nSPS) is 11.6. The van der Waals surface area contributed by atoms with Crippen LogP contribution < -0.4 is 0 Å². The fourth-order valence-corrected chi connectivity index (χ4v) is 6.66. The molecule has 0 spiro atoms. The molecule has 9 aromatic rings. The van der Waals surface area contributed by atoms with Crippen molar-refractivity contribution in [2.45, 2.75) is 0 Å². The minimum atomic E-state index is 0.707. The van der Waals surface area contributed by atoms with Gasteiger partial charge in [-0.2, -0.15) is 0 Å². The smallest absolute Gasteiger partial charge is 0.159 e. The molecule has 0 amide bonds. The van der Waals surface area contributed by atoms with E-state index in [0.717, 1.165) is 39.2 Å². The SMILES string of the molecule is c1ccc(-c2ncc(-n3c4ccccc4c4c3c3ccc5ccccc5c3n4-c3ccccc3)c(-c3ccccc3)n2)cc1. The first kappa shape index (κ1) is 24.6. The number of benzene rings is 6. The Hall–Kier alpha value is -6.00. The van der Waals surface area contributed by atoms with Crippen LogP contribution in [0.5, 0.6) is 0 Å². The molecule has 0 saturated carbocycles. The fraction of sp³-hybridized carbons (Fsp3) is 0. The van der Waals surface area contributed by atoms with E-state index in [4.69, 9.17) is 9.97 Å². The van der Waals surface area contributed by atoms with Gasteiger partial charge in [0.2, 0.25) is 0 Å². The minimum Gasteiger partial charge on any atom is -0.306 e. The maximum Gasteiger partial charge on any atom is 0.159 e. The number of hydrogen-bond acceptors (Lipinski definition) is 2. The monoisotopic (exact) mass is 562 g/mol. The zero-order valence-electron chi connectivity index (χ0n) is 23.8. The van der Waals surface area contributed by atoms with Gasteiger partial charge in [0, 0.05) is 33.0 Å². The van der Waals surface area contributed by atoms with Crippen molar-refractivity contribution in [1.29, 1.82) is 0 Å². The second kappa shape index (κ2) is 9.79. The second-order valence-electron chi connectivity index (χ2n) is 11.1. The van der Waals surface area contributed by atoms with Crippen LogP contribution in [0.1, 0.15) is 0 Å². The van der Waals surface area contributed by atoms with Crippen LogP contribution in [-0.2, 0) is 0 Å². The second-order valence-corrected chi connectivity index (χ2v) is 11.1. The van der Waals surface area contributed by atoms with Crippen molar-refractivity contribution in [3.05, 3.63) is 158 Å². The van der Waals surface area contributed by atoms with Gasteiger partial charge in [0.25, 0.3) is 0 Å². The van der Waals surface area contributed by atoms with E-state index in [1.165, 1.54) is 32.6 Å². The summed E-state index contributed by atoms with van der Waals surface area (Å²) in [5.74, 6) is 0.707. The predicted octanol–water partition coefficient (Wildman–Crippen LogP) is 10.0. The van der Waals surface area contributed by atoms with Gasteiger partial charge >= 0.3 is 0 Å². The first-order chi connectivity index (χ1) is 21.9. The number of para-hydroxylation sites is 2. The first-order valence-corrected chi connectivity index (χ1v) is 14.9. The molecule has 206 valence electrons. The molecule has 0 bridgehead atoms. The van der Waals surface area contributed by atoms with E-state index in [-0.39, 0.29) is 0 Å². The summed E-state index contributed by atoms with van der Waals surface area (Å²) in [4.78, 5) is 10.2. The van der Waals surface area contributed by atoms with Gasteiger partial charge in [-0.1, -0.05) is 133 Å². The Kier molecular flexibility index (Phi) is 5.47.